The standard InChI is InChI=1S/C13H13N7O/c1-8(12-17-19-20-18-12)14-13(21)11-7-10(15-16-11)9-5-3-2-4-6-9/h2-8H,1H3,(H,14,21)(H,15,16)(H,17,18,19,20). The van der Waals surface area contributed by atoms with Gasteiger partial charge in [-0.05, 0) is 13.0 Å². The third-order valence-electron chi connectivity index (χ3n) is 2.99. The second kappa shape index (κ2) is 5.53. The van der Waals surface area contributed by atoms with Crippen LogP contribution in [0.2, 0.25) is 0 Å². The van der Waals surface area contributed by atoms with Crippen molar-refractivity contribution in [3.05, 3.63) is 47.9 Å². The van der Waals surface area contributed by atoms with Crippen molar-refractivity contribution in [3.63, 3.8) is 0 Å². The zero-order valence-electron chi connectivity index (χ0n) is 11.2. The number of carbonyl (C=O) groups excluding carboxylic acids is 1. The van der Waals surface area contributed by atoms with Gasteiger partial charge in [0.05, 0.1) is 11.7 Å². The fourth-order valence-corrected chi connectivity index (χ4v) is 1.89. The zero-order valence-corrected chi connectivity index (χ0v) is 11.2. The molecule has 2 heterocycles. The van der Waals surface area contributed by atoms with E-state index in [4.69, 9.17) is 0 Å². The summed E-state index contributed by atoms with van der Waals surface area (Å²) < 4.78 is 0. The van der Waals surface area contributed by atoms with E-state index in [1.54, 1.807) is 13.0 Å². The third-order valence-corrected chi connectivity index (χ3v) is 2.99. The molecule has 1 aromatic carbocycles. The molecule has 0 fully saturated rings. The van der Waals surface area contributed by atoms with Crippen molar-refractivity contribution in [1.29, 1.82) is 0 Å². The Kier molecular flexibility index (Phi) is 3.42. The Labute approximate surface area is 120 Å². The van der Waals surface area contributed by atoms with Crippen LogP contribution < -0.4 is 5.32 Å². The van der Waals surface area contributed by atoms with Gasteiger partial charge in [0, 0.05) is 5.56 Å². The lowest BCUT2D eigenvalue weighted by molar-refractivity contribution is 0.0933. The van der Waals surface area contributed by atoms with Crippen LogP contribution in [0.1, 0.15) is 29.3 Å². The number of nitrogens with one attached hydrogen (secondary N) is 3. The van der Waals surface area contributed by atoms with Crippen molar-refractivity contribution < 1.29 is 4.79 Å². The second-order valence-corrected chi connectivity index (χ2v) is 4.50. The topological polar surface area (TPSA) is 112 Å². The molecule has 0 spiro atoms. The van der Waals surface area contributed by atoms with Gasteiger partial charge in [-0.2, -0.15) is 10.3 Å². The first-order chi connectivity index (χ1) is 10.2. The van der Waals surface area contributed by atoms with Crippen molar-refractivity contribution in [1.82, 2.24) is 36.1 Å². The van der Waals surface area contributed by atoms with E-state index in [9.17, 15) is 4.79 Å². The summed E-state index contributed by atoms with van der Waals surface area (Å²) in [5.74, 6) is 0.146. The molecule has 0 aliphatic heterocycles. The smallest absolute Gasteiger partial charge is 0.269 e. The SMILES string of the molecule is CC(NC(=O)c1cc(-c2ccccc2)n[nH]1)c1nn[nH]n1. The second-order valence-electron chi connectivity index (χ2n) is 4.50. The number of aromatic nitrogens is 6. The largest absolute Gasteiger partial charge is 0.341 e. The van der Waals surface area contributed by atoms with E-state index in [-0.39, 0.29) is 11.9 Å². The molecular formula is C13H13N7O. The minimum absolute atomic E-state index is 0.276. The van der Waals surface area contributed by atoms with Crippen LogP contribution in [0.4, 0.5) is 0 Å². The maximum absolute atomic E-state index is 12.1. The molecule has 21 heavy (non-hydrogen) atoms. The molecule has 0 bridgehead atoms. The first-order valence-corrected chi connectivity index (χ1v) is 6.39. The Morgan fingerprint density at radius 2 is 2.05 bits per heavy atom. The van der Waals surface area contributed by atoms with Crippen molar-refractivity contribution in [2.24, 2.45) is 0 Å². The number of H-pyrrole nitrogens is 2. The molecular weight excluding hydrogens is 270 g/mol. The van der Waals surface area contributed by atoms with E-state index < -0.39 is 0 Å². The van der Waals surface area contributed by atoms with Gasteiger partial charge in [-0.15, -0.1) is 10.2 Å². The van der Waals surface area contributed by atoms with Crippen molar-refractivity contribution in [2.45, 2.75) is 13.0 Å². The van der Waals surface area contributed by atoms with E-state index in [1.165, 1.54) is 0 Å². The van der Waals surface area contributed by atoms with Crippen LogP contribution in [0.15, 0.2) is 36.4 Å². The van der Waals surface area contributed by atoms with Crippen LogP contribution in [0.3, 0.4) is 0 Å². The molecule has 0 radical (unpaired) electrons. The lowest BCUT2D eigenvalue weighted by atomic mass is 10.1. The minimum atomic E-state index is -0.347. The predicted molar refractivity (Wildman–Crippen MR) is 74.1 cm³/mol. The number of amides is 1. The van der Waals surface area contributed by atoms with Gasteiger partial charge >= 0.3 is 0 Å². The Balaban J connectivity index is 1.73. The average molecular weight is 283 g/mol. The molecule has 0 aliphatic carbocycles. The van der Waals surface area contributed by atoms with Crippen LogP contribution in [-0.2, 0) is 0 Å². The van der Waals surface area contributed by atoms with E-state index in [2.05, 4.69) is 36.1 Å². The Morgan fingerprint density at radius 3 is 2.76 bits per heavy atom. The zero-order chi connectivity index (χ0) is 14.7. The molecule has 0 saturated heterocycles. The highest BCUT2D eigenvalue weighted by molar-refractivity contribution is 5.93. The Hall–Kier alpha value is -3.03. The summed E-state index contributed by atoms with van der Waals surface area (Å²) in [4.78, 5) is 12.1. The number of hydrogen-bond donors (Lipinski definition) is 3. The Bertz CT molecular complexity index is 720. The normalized spacial score (nSPS) is 12.0. The lowest BCUT2D eigenvalue weighted by Crippen LogP contribution is -2.27. The molecule has 3 rings (SSSR count). The van der Waals surface area contributed by atoms with Gasteiger partial charge in [0.25, 0.3) is 5.91 Å². The molecule has 1 amide bonds. The molecule has 3 N–H and O–H groups in total. The number of aromatic amines is 2. The number of rotatable bonds is 4. The summed E-state index contributed by atoms with van der Waals surface area (Å²) in [7, 11) is 0. The van der Waals surface area contributed by atoms with Crippen LogP contribution in [-0.4, -0.2) is 36.7 Å². The monoisotopic (exact) mass is 283 g/mol. The fraction of sp³-hybridized carbons (Fsp3) is 0.154. The quantitative estimate of drug-likeness (QED) is 0.663. The average Bonchev–Trinajstić information content (AvgIpc) is 3.20. The van der Waals surface area contributed by atoms with Crippen molar-refractivity contribution in [3.8, 4) is 11.3 Å². The Morgan fingerprint density at radius 1 is 1.24 bits per heavy atom. The van der Waals surface area contributed by atoms with Crippen LogP contribution in [0, 0.1) is 0 Å². The number of nitrogens with zero attached hydrogens (tertiary/aromatic N) is 4. The summed E-state index contributed by atoms with van der Waals surface area (Å²) in [6.45, 7) is 1.78. The summed E-state index contributed by atoms with van der Waals surface area (Å²) in [5.41, 5.74) is 2.04. The molecule has 0 saturated carbocycles. The summed E-state index contributed by atoms with van der Waals surface area (Å²) in [6.07, 6.45) is 0. The molecule has 8 heteroatoms. The number of hydrogen-bond acceptors (Lipinski definition) is 5. The van der Waals surface area contributed by atoms with Gasteiger partial charge in [-0.1, -0.05) is 35.5 Å². The lowest BCUT2D eigenvalue weighted by Gasteiger charge is -2.07. The summed E-state index contributed by atoms with van der Waals surface area (Å²) in [5, 5.41) is 23.1. The highest BCUT2D eigenvalue weighted by atomic mass is 16.2. The van der Waals surface area contributed by atoms with Gasteiger partial charge < -0.3 is 5.32 Å². The van der Waals surface area contributed by atoms with E-state index in [0.717, 1.165) is 5.56 Å². The maximum atomic E-state index is 12.1. The molecule has 106 valence electrons. The summed E-state index contributed by atoms with van der Waals surface area (Å²) >= 11 is 0. The van der Waals surface area contributed by atoms with Crippen LogP contribution in [0.5, 0.6) is 0 Å². The van der Waals surface area contributed by atoms with E-state index in [0.29, 0.717) is 17.2 Å². The highest BCUT2D eigenvalue weighted by Crippen LogP contribution is 2.17. The molecule has 8 nitrogen and oxygen atoms in total. The summed E-state index contributed by atoms with van der Waals surface area (Å²) in [6, 6.07) is 11.0. The number of carbonyl (C=O) groups is 1. The van der Waals surface area contributed by atoms with Gasteiger partial charge in [0.15, 0.2) is 5.82 Å². The van der Waals surface area contributed by atoms with Gasteiger partial charge in [-0.25, -0.2) is 0 Å². The first-order valence-electron chi connectivity index (χ1n) is 6.39. The van der Waals surface area contributed by atoms with E-state index in [1.807, 2.05) is 30.3 Å². The van der Waals surface area contributed by atoms with Crippen molar-refractivity contribution in [2.75, 3.05) is 0 Å². The van der Waals surface area contributed by atoms with Crippen LogP contribution >= 0.6 is 0 Å². The molecule has 2 aromatic heterocycles. The third kappa shape index (κ3) is 2.78. The van der Waals surface area contributed by atoms with E-state index >= 15 is 0 Å². The van der Waals surface area contributed by atoms with Crippen molar-refractivity contribution >= 4 is 5.91 Å². The van der Waals surface area contributed by atoms with Gasteiger partial charge in [0.2, 0.25) is 0 Å². The maximum Gasteiger partial charge on any atom is 0.269 e. The molecule has 0 aliphatic rings. The number of benzene rings is 1. The number of tetrazole rings is 1. The minimum Gasteiger partial charge on any atom is -0.341 e. The fourth-order valence-electron chi connectivity index (χ4n) is 1.89. The molecule has 1 unspecified atom stereocenters. The molecule has 1 atom stereocenters. The molecule has 3 aromatic rings. The highest BCUT2D eigenvalue weighted by Gasteiger charge is 2.16. The predicted octanol–water partition coefficient (Wildman–Crippen LogP) is 1.08. The van der Waals surface area contributed by atoms with Gasteiger partial charge in [0.1, 0.15) is 5.69 Å². The first kappa shape index (κ1) is 13.0. The van der Waals surface area contributed by atoms with Crippen LogP contribution in [0.25, 0.3) is 11.3 Å². The van der Waals surface area contributed by atoms with Gasteiger partial charge in [-0.3, -0.25) is 9.89 Å².